The first kappa shape index (κ1) is 10.9. The Bertz CT molecular complexity index is 218. The lowest BCUT2D eigenvalue weighted by molar-refractivity contribution is -0.132. The number of allylic oxidation sites excluding steroid dienone is 2. The maximum atomic E-state index is 10.3. The minimum atomic E-state index is -0.949. The molecule has 0 saturated carbocycles. The van der Waals surface area contributed by atoms with Crippen molar-refractivity contribution in [2.45, 2.75) is 26.4 Å². The lowest BCUT2D eigenvalue weighted by Gasteiger charge is -2.08. The van der Waals surface area contributed by atoms with Gasteiger partial charge in [-0.05, 0) is 20.8 Å². The van der Waals surface area contributed by atoms with Gasteiger partial charge in [-0.25, -0.2) is 4.79 Å². The monoisotopic (exact) mass is 170 g/mol. The van der Waals surface area contributed by atoms with Gasteiger partial charge in [-0.15, -0.1) is 0 Å². The van der Waals surface area contributed by atoms with E-state index in [0.717, 1.165) is 0 Å². The lowest BCUT2D eigenvalue weighted by Crippen LogP contribution is -2.13. The summed E-state index contributed by atoms with van der Waals surface area (Å²) < 4.78 is 0. The summed E-state index contributed by atoms with van der Waals surface area (Å²) in [6.45, 7) is 4.73. The molecule has 0 radical (unpaired) electrons. The van der Waals surface area contributed by atoms with Gasteiger partial charge in [0.05, 0.1) is 5.60 Å². The number of carbonyl (C=O) groups is 1. The predicted molar refractivity (Wildman–Crippen MR) is 46.8 cm³/mol. The van der Waals surface area contributed by atoms with E-state index in [9.17, 15) is 9.90 Å². The summed E-state index contributed by atoms with van der Waals surface area (Å²) in [5, 5.41) is 17.7. The molecule has 0 aliphatic heterocycles. The molecule has 0 rings (SSSR count). The van der Waals surface area contributed by atoms with Crippen molar-refractivity contribution in [3.8, 4) is 0 Å². The minimum Gasteiger partial charge on any atom is -0.478 e. The van der Waals surface area contributed by atoms with Crippen LogP contribution >= 0.6 is 0 Å². The molecule has 0 heterocycles. The van der Waals surface area contributed by atoms with Gasteiger partial charge in [0, 0.05) is 5.57 Å². The molecular weight excluding hydrogens is 156 g/mol. The van der Waals surface area contributed by atoms with Crippen molar-refractivity contribution < 1.29 is 15.0 Å². The molecule has 0 saturated heterocycles. The number of hydrogen-bond acceptors (Lipinski definition) is 2. The maximum Gasteiger partial charge on any atom is 0.331 e. The first-order valence-corrected chi connectivity index (χ1v) is 3.65. The third-order valence-electron chi connectivity index (χ3n) is 1.19. The molecule has 0 bridgehead atoms. The summed E-state index contributed by atoms with van der Waals surface area (Å²) in [6, 6.07) is 0. The molecule has 0 spiro atoms. The summed E-state index contributed by atoms with van der Waals surface area (Å²) in [5.74, 6) is -0.949. The zero-order chi connectivity index (χ0) is 9.78. The van der Waals surface area contributed by atoms with Gasteiger partial charge in [0.1, 0.15) is 0 Å². The number of carboxylic acid groups (broad SMARTS) is 1. The van der Waals surface area contributed by atoms with Crippen LogP contribution in [0.4, 0.5) is 0 Å². The number of carboxylic acids is 1. The van der Waals surface area contributed by atoms with E-state index in [4.69, 9.17) is 5.11 Å². The van der Waals surface area contributed by atoms with E-state index in [1.807, 2.05) is 0 Å². The Hall–Kier alpha value is -1.09. The first-order chi connectivity index (χ1) is 5.33. The van der Waals surface area contributed by atoms with Gasteiger partial charge in [-0.1, -0.05) is 18.2 Å². The highest BCUT2D eigenvalue weighted by molar-refractivity contribution is 5.86. The second kappa shape index (κ2) is 4.07. The predicted octanol–water partition coefficient (Wildman–Crippen LogP) is 1.34. The second-order valence-electron chi connectivity index (χ2n) is 3.17. The SMILES string of the molecule is C/C(=C/C=C/C(C)(C)O)C(=O)O. The minimum absolute atomic E-state index is 0.246. The summed E-state index contributed by atoms with van der Waals surface area (Å²) >= 11 is 0. The van der Waals surface area contributed by atoms with Crippen LogP contribution in [0.2, 0.25) is 0 Å². The highest BCUT2D eigenvalue weighted by atomic mass is 16.4. The Kier molecular flexibility index (Phi) is 3.70. The molecule has 0 aliphatic rings. The first-order valence-electron chi connectivity index (χ1n) is 3.65. The van der Waals surface area contributed by atoms with Crippen molar-refractivity contribution >= 4 is 5.97 Å². The molecule has 0 aromatic heterocycles. The molecule has 0 aliphatic carbocycles. The van der Waals surface area contributed by atoms with Crippen LogP contribution in [0, 0.1) is 0 Å². The zero-order valence-corrected chi connectivity index (χ0v) is 7.53. The van der Waals surface area contributed by atoms with Gasteiger partial charge in [0.2, 0.25) is 0 Å². The topological polar surface area (TPSA) is 57.5 Å². The number of rotatable bonds is 3. The summed E-state index contributed by atoms with van der Waals surface area (Å²) in [6.07, 6.45) is 4.50. The lowest BCUT2D eigenvalue weighted by atomic mass is 10.1. The highest BCUT2D eigenvalue weighted by Gasteiger charge is 2.04. The van der Waals surface area contributed by atoms with Crippen LogP contribution in [0.5, 0.6) is 0 Å². The Morgan fingerprint density at radius 2 is 1.92 bits per heavy atom. The van der Waals surface area contributed by atoms with Crippen molar-refractivity contribution in [2.75, 3.05) is 0 Å². The number of aliphatic hydroxyl groups is 1. The Labute approximate surface area is 72.0 Å². The van der Waals surface area contributed by atoms with Gasteiger partial charge >= 0.3 is 5.97 Å². The standard InChI is InChI=1S/C9H14O3/c1-7(8(10)11)5-4-6-9(2,3)12/h4-6,12H,1-3H3,(H,10,11)/b6-4+,7-5-. The van der Waals surface area contributed by atoms with E-state index in [2.05, 4.69) is 0 Å². The largest absolute Gasteiger partial charge is 0.478 e. The molecule has 3 nitrogen and oxygen atoms in total. The maximum absolute atomic E-state index is 10.3. The van der Waals surface area contributed by atoms with E-state index >= 15 is 0 Å². The van der Waals surface area contributed by atoms with Crippen LogP contribution in [0.25, 0.3) is 0 Å². The summed E-state index contributed by atoms with van der Waals surface area (Å²) in [5.41, 5.74) is -0.648. The van der Waals surface area contributed by atoms with Crippen molar-refractivity contribution in [1.29, 1.82) is 0 Å². The van der Waals surface area contributed by atoms with E-state index in [-0.39, 0.29) is 5.57 Å². The third-order valence-corrected chi connectivity index (χ3v) is 1.19. The van der Waals surface area contributed by atoms with Crippen molar-refractivity contribution in [3.63, 3.8) is 0 Å². The van der Waals surface area contributed by atoms with Gasteiger partial charge in [-0.2, -0.15) is 0 Å². The van der Waals surface area contributed by atoms with Crippen LogP contribution in [0.3, 0.4) is 0 Å². The van der Waals surface area contributed by atoms with E-state index in [1.54, 1.807) is 13.8 Å². The number of aliphatic carboxylic acids is 1. The molecule has 0 atom stereocenters. The molecule has 68 valence electrons. The normalized spacial score (nSPS) is 13.8. The highest BCUT2D eigenvalue weighted by Crippen LogP contribution is 2.03. The Morgan fingerprint density at radius 3 is 2.25 bits per heavy atom. The van der Waals surface area contributed by atoms with E-state index in [0.29, 0.717) is 0 Å². The van der Waals surface area contributed by atoms with Gasteiger partial charge in [-0.3, -0.25) is 0 Å². The van der Waals surface area contributed by atoms with Gasteiger partial charge < -0.3 is 10.2 Å². The van der Waals surface area contributed by atoms with Crippen LogP contribution in [-0.2, 0) is 4.79 Å². The molecule has 0 amide bonds. The fourth-order valence-corrected chi connectivity index (χ4v) is 0.499. The smallest absolute Gasteiger partial charge is 0.331 e. The van der Waals surface area contributed by atoms with Crippen LogP contribution in [0.15, 0.2) is 23.8 Å². The quantitative estimate of drug-likeness (QED) is 0.496. The second-order valence-corrected chi connectivity index (χ2v) is 3.17. The molecule has 0 aromatic carbocycles. The third kappa shape index (κ3) is 5.68. The van der Waals surface area contributed by atoms with Crippen LogP contribution in [-0.4, -0.2) is 21.8 Å². The molecular formula is C9H14O3. The van der Waals surface area contributed by atoms with Crippen molar-refractivity contribution in [3.05, 3.63) is 23.8 Å². The molecule has 0 unspecified atom stereocenters. The van der Waals surface area contributed by atoms with Crippen LogP contribution < -0.4 is 0 Å². The summed E-state index contributed by atoms with van der Waals surface area (Å²) in [7, 11) is 0. The van der Waals surface area contributed by atoms with Crippen molar-refractivity contribution in [1.82, 2.24) is 0 Å². The fourth-order valence-electron chi connectivity index (χ4n) is 0.499. The fraction of sp³-hybridized carbons (Fsp3) is 0.444. The van der Waals surface area contributed by atoms with Gasteiger partial charge in [0.15, 0.2) is 0 Å². The van der Waals surface area contributed by atoms with E-state index in [1.165, 1.54) is 25.2 Å². The average Bonchev–Trinajstić information content (AvgIpc) is 1.84. The zero-order valence-electron chi connectivity index (χ0n) is 7.53. The molecule has 12 heavy (non-hydrogen) atoms. The van der Waals surface area contributed by atoms with Crippen molar-refractivity contribution in [2.24, 2.45) is 0 Å². The average molecular weight is 170 g/mol. The number of hydrogen-bond donors (Lipinski definition) is 2. The molecule has 0 aromatic rings. The molecule has 3 heteroatoms. The Balaban J connectivity index is 4.23. The van der Waals surface area contributed by atoms with E-state index < -0.39 is 11.6 Å². The Morgan fingerprint density at radius 1 is 1.42 bits per heavy atom. The molecule has 0 fully saturated rings. The van der Waals surface area contributed by atoms with Crippen LogP contribution in [0.1, 0.15) is 20.8 Å². The molecule has 2 N–H and O–H groups in total. The van der Waals surface area contributed by atoms with Gasteiger partial charge in [0.25, 0.3) is 0 Å². The summed E-state index contributed by atoms with van der Waals surface area (Å²) in [4.78, 5) is 10.3.